The van der Waals surface area contributed by atoms with Crippen molar-refractivity contribution in [1.29, 1.82) is 0 Å². The molecular weight excluding hydrogens is 405 g/mol. The van der Waals surface area contributed by atoms with Crippen molar-refractivity contribution < 1.29 is 18.1 Å². The minimum Gasteiger partial charge on any atom is -0.339 e. The van der Waals surface area contributed by atoms with Gasteiger partial charge >= 0.3 is 0 Å². The van der Waals surface area contributed by atoms with Gasteiger partial charge in [-0.05, 0) is 19.4 Å². The second-order valence-electron chi connectivity index (χ2n) is 6.66. The summed E-state index contributed by atoms with van der Waals surface area (Å²) in [5.41, 5.74) is -1.13. The van der Waals surface area contributed by atoms with Crippen LogP contribution in [0, 0.1) is 15.5 Å². The van der Waals surface area contributed by atoms with E-state index < -0.39 is 24.7 Å². The van der Waals surface area contributed by atoms with Gasteiger partial charge in [0.25, 0.3) is 5.69 Å². The molecule has 3 rings (SSSR count). The zero-order chi connectivity index (χ0) is 19.3. The smallest absolute Gasteiger partial charge is 0.270 e. The number of piperazine rings is 1. The largest absolute Gasteiger partial charge is 0.339 e. The lowest BCUT2D eigenvalue weighted by molar-refractivity contribution is -0.385. The van der Waals surface area contributed by atoms with Crippen LogP contribution in [0.2, 0.25) is 0 Å². The Bertz CT molecular complexity index is 868. The van der Waals surface area contributed by atoms with Gasteiger partial charge in [0, 0.05) is 38.3 Å². The quantitative estimate of drug-likeness (QED) is 0.420. The molecule has 1 aromatic carbocycles. The summed E-state index contributed by atoms with van der Waals surface area (Å²) < 4.78 is 25.6. The van der Waals surface area contributed by atoms with E-state index in [4.69, 9.17) is 23.2 Å². The first kappa shape index (κ1) is 19.3. The van der Waals surface area contributed by atoms with Crippen LogP contribution in [0.25, 0.3) is 0 Å². The molecule has 1 atom stereocenters. The highest BCUT2D eigenvalue weighted by Crippen LogP contribution is 2.64. The zero-order valence-electron chi connectivity index (χ0n) is 13.9. The summed E-state index contributed by atoms with van der Waals surface area (Å²) in [6, 6.07) is 4.92. The number of amides is 1. The predicted molar refractivity (Wildman–Crippen MR) is 95.6 cm³/mol. The van der Waals surface area contributed by atoms with Crippen LogP contribution in [0.5, 0.6) is 0 Å². The molecule has 1 aromatic rings. The van der Waals surface area contributed by atoms with Gasteiger partial charge in [-0.15, -0.1) is 23.2 Å². The molecule has 11 heteroatoms. The van der Waals surface area contributed by atoms with Crippen molar-refractivity contribution in [2.45, 2.75) is 22.6 Å². The SMILES string of the molecule is CC1(C(=O)N2CCN(S(=O)(=O)c3cccc([N+](=O)[O-])c3)CC2)CC1(Cl)Cl. The molecule has 26 heavy (non-hydrogen) atoms. The van der Waals surface area contributed by atoms with Crippen molar-refractivity contribution in [1.82, 2.24) is 9.21 Å². The van der Waals surface area contributed by atoms with Crippen LogP contribution in [0.15, 0.2) is 29.2 Å². The number of hydrogen-bond donors (Lipinski definition) is 0. The van der Waals surface area contributed by atoms with Crippen LogP contribution in [-0.4, -0.2) is 59.0 Å². The number of carbonyl (C=O) groups excluding carboxylic acids is 1. The number of benzene rings is 1. The molecule has 2 fully saturated rings. The second kappa shape index (κ2) is 6.33. The van der Waals surface area contributed by atoms with Crippen LogP contribution in [0.1, 0.15) is 13.3 Å². The Balaban J connectivity index is 1.71. The van der Waals surface area contributed by atoms with Crippen LogP contribution in [-0.2, 0) is 14.8 Å². The third-order valence-corrected chi connectivity index (χ3v) is 7.92. The van der Waals surface area contributed by atoms with Crippen LogP contribution in [0.4, 0.5) is 5.69 Å². The first-order valence-corrected chi connectivity index (χ1v) is 10.1. The molecule has 1 saturated heterocycles. The maximum absolute atomic E-state index is 12.7. The number of alkyl halides is 2. The Morgan fingerprint density at radius 3 is 2.31 bits per heavy atom. The topological polar surface area (TPSA) is 101 Å². The second-order valence-corrected chi connectivity index (χ2v) is 10.1. The van der Waals surface area contributed by atoms with Gasteiger partial charge < -0.3 is 4.90 Å². The Labute approximate surface area is 160 Å². The number of nitro benzene ring substituents is 1. The molecule has 8 nitrogen and oxygen atoms in total. The zero-order valence-corrected chi connectivity index (χ0v) is 16.2. The maximum Gasteiger partial charge on any atom is 0.270 e. The Kier molecular flexibility index (Phi) is 4.71. The number of carbonyl (C=O) groups is 1. The van der Waals surface area contributed by atoms with Gasteiger partial charge in [0.2, 0.25) is 15.9 Å². The summed E-state index contributed by atoms with van der Waals surface area (Å²) in [5, 5.41) is 10.9. The summed E-state index contributed by atoms with van der Waals surface area (Å²) in [4.78, 5) is 24.2. The Morgan fingerprint density at radius 1 is 1.23 bits per heavy atom. The number of sulfonamides is 1. The van der Waals surface area contributed by atoms with Crippen molar-refractivity contribution in [2.75, 3.05) is 26.2 Å². The summed E-state index contributed by atoms with van der Waals surface area (Å²) >= 11 is 12.1. The van der Waals surface area contributed by atoms with Crippen molar-refractivity contribution in [3.8, 4) is 0 Å². The lowest BCUT2D eigenvalue weighted by Crippen LogP contribution is -2.52. The van der Waals surface area contributed by atoms with Crippen molar-refractivity contribution >= 4 is 44.8 Å². The van der Waals surface area contributed by atoms with Gasteiger partial charge in [0.15, 0.2) is 0 Å². The van der Waals surface area contributed by atoms with E-state index in [1.165, 1.54) is 22.5 Å². The summed E-state index contributed by atoms with van der Waals surface area (Å²) in [6.45, 7) is 2.33. The van der Waals surface area contributed by atoms with Gasteiger partial charge in [0.1, 0.15) is 4.33 Å². The van der Waals surface area contributed by atoms with Crippen molar-refractivity contribution in [3.63, 3.8) is 0 Å². The lowest BCUT2D eigenvalue weighted by Gasteiger charge is -2.35. The minimum atomic E-state index is -3.87. The first-order valence-electron chi connectivity index (χ1n) is 7.91. The van der Waals surface area contributed by atoms with E-state index in [0.717, 1.165) is 6.07 Å². The Hall–Kier alpha value is -1.42. The summed E-state index contributed by atoms with van der Waals surface area (Å²) in [5.74, 6) is -0.185. The van der Waals surface area contributed by atoms with Crippen molar-refractivity contribution in [3.05, 3.63) is 34.4 Å². The van der Waals surface area contributed by atoms with Gasteiger partial charge in [-0.2, -0.15) is 4.31 Å². The monoisotopic (exact) mass is 421 g/mol. The summed E-state index contributed by atoms with van der Waals surface area (Å²) in [6.07, 6.45) is 0.369. The van der Waals surface area contributed by atoms with E-state index in [0.29, 0.717) is 6.42 Å². The number of rotatable bonds is 4. The molecule has 142 valence electrons. The molecule has 1 heterocycles. The van der Waals surface area contributed by atoms with E-state index in [2.05, 4.69) is 0 Å². The molecule has 1 aliphatic heterocycles. The van der Waals surface area contributed by atoms with Crippen molar-refractivity contribution in [2.24, 2.45) is 5.41 Å². The molecule has 2 aliphatic rings. The highest BCUT2D eigenvalue weighted by Gasteiger charge is 2.68. The molecule has 1 saturated carbocycles. The van der Waals surface area contributed by atoms with E-state index in [1.54, 1.807) is 11.8 Å². The third kappa shape index (κ3) is 3.17. The highest BCUT2D eigenvalue weighted by molar-refractivity contribution is 7.89. The van der Waals surface area contributed by atoms with E-state index in [1.807, 2.05) is 0 Å². The fourth-order valence-corrected chi connectivity index (χ4v) is 5.18. The van der Waals surface area contributed by atoms with Crippen LogP contribution >= 0.6 is 23.2 Å². The van der Waals surface area contributed by atoms with Gasteiger partial charge in [0.05, 0.1) is 15.2 Å². The minimum absolute atomic E-state index is 0.102. The predicted octanol–water partition coefficient (Wildman–Crippen LogP) is 2.01. The van der Waals surface area contributed by atoms with Gasteiger partial charge in [-0.3, -0.25) is 14.9 Å². The van der Waals surface area contributed by atoms with E-state index in [9.17, 15) is 23.3 Å². The molecule has 1 amide bonds. The first-order chi connectivity index (χ1) is 12.0. The van der Waals surface area contributed by atoms with Crippen LogP contribution in [0.3, 0.4) is 0 Å². The number of non-ortho nitro benzene ring substituents is 1. The van der Waals surface area contributed by atoms with E-state index >= 15 is 0 Å². The Morgan fingerprint density at radius 2 is 1.81 bits per heavy atom. The summed E-state index contributed by atoms with van der Waals surface area (Å²) in [7, 11) is -3.87. The number of halogens is 2. The fraction of sp³-hybridized carbons (Fsp3) is 0.533. The van der Waals surface area contributed by atoms with Crippen LogP contribution < -0.4 is 0 Å². The van der Waals surface area contributed by atoms with Gasteiger partial charge in [-0.25, -0.2) is 8.42 Å². The molecular formula is C15H17Cl2N3O5S. The standard InChI is InChI=1S/C15H17Cl2N3O5S/c1-14(10-15(14,16)17)13(21)18-5-7-19(8-6-18)26(24,25)12-4-2-3-11(9-12)20(22)23/h2-4,9H,5-8,10H2,1H3. The molecule has 0 N–H and O–H groups in total. The van der Waals surface area contributed by atoms with E-state index in [-0.39, 0.29) is 42.7 Å². The fourth-order valence-electron chi connectivity index (χ4n) is 3.02. The molecule has 1 unspecified atom stereocenters. The van der Waals surface area contributed by atoms with Gasteiger partial charge in [-0.1, -0.05) is 6.07 Å². The number of nitrogens with zero attached hydrogens (tertiary/aromatic N) is 3. The molecule has 0 spiro atoms. The normalized spacial score (nSPS) is 25.7. The molecule has 0 aromatic heterocycles. The average molecular weight is 422 g/mol. The molecule has 1 aliphatic carbocycles. The molecule has 0 radical (unpaired) electrons. The highest BCUT2D eigenvalue weighted by atomic mass is 35.5. The number of nitro groups is 1. The lowest BCUT2D eigenvalue weighted by atomic mass is 10.1. The number of hydrogen-bond acceptors (Lipinski definition) is 5. The molecule has 0 bridgehead atoms. The maximum atomic E-state index is 12.7. The third-order valence-electron chi connectivity index (χ3n) is 4.92. The average Bonchev–Trinajstić information content (AvgIpc) is 3.13.